The Kier molecular flexibility index (Phi) is 6.70. The van der Waals surface area contributed by atoms with Crippen molar-refractivity contribution in [2.24, 2.45) is 0 Å². The van der Waals surface area contributed by atoms with Crippen LogP contribution in [-0.4, -0.2) is 54.6 Å². The van der Waals surface area contributed by atoms with Gasteiger partial charge in [0.05, 0.1) is 64.9 Å². The van der Waals surface area contributed by atoms with Crippen molar-refractivity contribution in [3.8, 4) is 34.1 Å². The Hall–Kier alpha value is -3.42. The Morgan fingerprint density at radius 3 is 0.964 bits per heavy atom. The minimum absolute atomic E-state index is 0.254. The molecule has 0 radical (unpaired) electrons. The van der Waals surface area contributed by atoms with E-state index in [4.69, 9.17) is 28.4 Å². The zero-order valence-corrected chi connectivity index (χ0v) is 16.6. The number of methoxy groups -OCH3 is 6. The van der Waals surface area contributed by atoms with E-state index in [0.717, 1.165) is 0 Å². The first-order valence-corrected chi connectivity index (χ1v) is 8.14. The highest BCUT2D eigenvalue weighted by molar-refractivity contribution is 5.97. The molecule has 8 heteroatoms. The number of ether oxygens (including phenoxy) is 6. The summed E-state index contributed by atoms with van der Waals surface area (Å²) >= 11 is 0. The fraction of sp³-hybridized carbons (Fsp3) is 0.300. The minimum atomic E-state index is -0.539. The standard InChI is InChI=1S/C20H22O8/c1-23-13-7-11(19(21)27-5)8-14(24-2)17(13)18-15(25-3)9-12(20(22)28-6)10-16(18)26-4/h7-10H,1-6H3. The number of carbonyl (C=O) groups excluding carboxylic acids is 2. The predicted molar refractivity (Wildman–Crippen MR) is 101 cm³/mol. The molecule has 28 heavy (non-hydrogen) atoms. The fourth-order valence-corrected chi connectivity index (χ4v) is 2.79. The van der Waals surface area contributed by atoms with Crippen LogP contribution in [0.15, 0.2) is 24.3 Å². The third kappa shape index (κ3) is 3.80. The highest BCUT2D eigenvalue weighted by Crippen LogP contribution is 2.48. The van der Waals surface area contributed by atoms with Crippen LogP contribution in [0.2, 0.25) is 0 Å². The van der Waals surface area contributed by atoms with Crippen LogP contribution in [0.3, 0.4) is 0 Å². The van der Waals surface area contributed by atoms with Crippen molar-refractivity contribution in [2.45, 2.75) is 0 Å². The van der Waals surface area contributed by atoms with Gasteiger partial charge < -0.3 is 28.4 Å². The molecular formula is C20H22O8. The SMILES string of the molecule is COC(=O)c1cc(OC)c(-c2c(OC)cc(C(=O)OC)cc2OC)c(OC)c1. The molecule has 0 atom stereocenters. The van der Waals surface area contributed by atoms with Gasteiger partial charge in [0.25, 0.3) is 0 Å². The molecule has 2 rings (SSSR count). The van der Waals surface area contributed by atoms with Gasteiger partial charge in [-0.2, -0.15) is 0 Å². The van der Waals surface area contributed by atoms with Gasteiger partial charge in [-0.1, -0.05) is 0 Å². The van der Waals surface area contributed by atoms with Crippen LogP contribution in [0.4, 0.5) is 0 Å². The second-order valence-corrected chi connectivity index (χ2v) is 5.49. The molecule has 0 N–H and O–H groups in total. The van der Waals surface area contributed by atoms with Crippen LogP contribution in [0, 0.1) is 0 Å². The first-order valence-electron chi connectivity index (χ1n) is 8.14. The lowest BCUT2D eigenvalue weighted by Gasteiger charge is -2.20. The van der Waals surface area contributed by atoms with E-state index in [0.29, 0.717) is 34.1 Å². The maximum Gasteiger partial charge on any atom is 0.338 e. The van der Waals surface area contributed by atoms with Crippen LogP contribution in [0.25, 0.3) is 11.1 Å². The molecule has 2 aromatic carbocycles. The Labute approximate surface area is 162 Å². The molecule has 0 aliphatic carbocycles. The van der Waals surface area contributed by atoms with Gasteiger partial charge in [0.15, 0.2) is 0 Å². The summed E-state index contributed by atoms with van der Waals surface area (Å²) in [6.45, 7) is 0. The van der Waals surface area contributed by atoms with E-state index >= 15 is 0 Å². The van der Waals surface area contributed by atoms with Gasteiger partial charge in [-0.3, -0.25) is 0 Å². The van der Waals surface area contributed by atoms with Crippen LogP contribution in [-0.2, 0) is 9.47 Å². The van der Waals surface area contributed by atoms with Crippen molar-refractivity contribution < 1.29 is 38.0 Å². The quantitative estimate of drug-likeness (QED) is 0.667. The van der Waals surface area contributed by atoms with Gasteiger partial charge in [-0.15, -0.1) is 0 Å². The van der Waals surface area contributed by atoms with E-state index in [1.165, 1.54) is 66.9 Å². The first kappa shape index (κ1) is 20.9. The number of hydrogen-bond donors (Lipinski definition) is 0. The molecule has 0 unspecified atom stereocenters. The summed E-state index contributed by atoms with van der Waals surface area (Å²) in [4.78, 5) is 23.9. The highest BCUT2D eigenvalue weighted by atomic mass is 16.5. The molecule has 0 amide bonds. The molecule has 2 aromatic rings. The average Bonchev–Trinajstić information content (AvgIpc) is 2.75. The van der Waals surface area contributed by atoms with E-state index < -0.39 is 11.9 Å². The normalized spacial score (nSPS) is 10.1. The fourth-order valence-electron chi connectivity index (χ4n) is 2.79. The van der Waals surface area contributed by atoms with Gasteiger partial charge in [-0.05, 0) is 24.3 Å². The van der Waals surface area contributed by atoms with Gasteiger partial charge in [0.2, 0.25) is 0 Å². The maximum absolute atomic E-state index is 12.0. The first-order chi connectivity index (χ1) is 13.4. The second kappa shape index (κ2) is 8.98. The topological polar surface area (TPSA) is 89.5 Å². The third-order valence-corrected chi connectivity index (χ3v) is 4.10. The van der Waals surface area contributed by atoms with Crippen molar-refractivity contribution in [1.29, 1.82) is 0 Å². The monoisotopic (exact) mass is 390 g/mol. The molecule has 0 spiro atoms. The molecular weight excluding hydrogens is 368 g/mol. The van der Waals surface area contributed by atoms with Crippen molar-refractivity contribution in [3.63, 3.8) is 0 Å². The lowest BCUT2D eigenvalue weighted by molar-refractivity contribution is 0.0591. The van der Waals surface area contributed by atoms with Crippen molar-refractivity contribution in [2.75, 3.05) is 42.7 Å². The lowest BCUT2D eigenvalue weighted by Crippen LogP contribution is -2.06. The number of benzene rings is 2. The molecule has 150 valence electrons. The number of carbonyl (C=O) groups is 2. The van der Waals surface area contributed by atoms with Gasteiger partial charge in [-0.25, -0.2) is 9.59 Å². The highest BCUT2D eigenvalue weighted by Gasteiger charge is 2.26. The molecule has 0 heterocycles. The van der Waals surface area contributed by atoms with E-state index in [-0.39, 0.29) is 11.1 Å². The van der Waals surface area contributed by atoms with E-state index in [2.05, 4.69) is 0 Å². The summed E-state index contributed by atoms with van der Waals surface area (Å²) in [6.07, 6.45) is 0. The summed E-state index contributed by atoms with van der Waals surface area (Å²) in [6, 6.07) is 6.10. The van der Waals surface area contributed by atoms with Crippen molar-refractivity contribution in [1.82, 2.24) is 0 Å². The summed E-state index contributed by atoms with van der Waals surface area (Å²) in [7, 11) is 8.41. The van der Waals surface area contributed by atoms with Crippen LogP contribution in [0.1, 0.15) is 20.7 Å². The van der Waals surface area contributed by atoms with Gasteiger partial charge >= 0.3 is 11.9 Å². The van der Waals surface area contributed by atoms with Gasteiger partial charge in [0.1, 0.15) is 23.0 Å². The van der Waals surface area contributed by atoms with E-state index in [1.807, 2.05) is 0 Å². The zero-order valence-electron chi connectivity index (χ0n) is 16.6. The Bertz CT molecular complexity index is 764. The Morgan fingerprint density at radius 2 is 0.786 bits per heavy atom. The predicted octanol–water partition coefficient (Wildman–Crippen LogP) is 2.96. The molecule has 0 fully saturated rings. The number of hydrogen-bond acceptors (Lipinski definition) is 8. The Balaban J connectivity index is 2.86. The average molecular weight is 390 g/mol. The Morgan fingerprint density at radius 1 is 0.536 bits per heavy atom. The van der Waals surface area contributed by atoms with E-state index in [1.54, 1.807) is 0 Å². The van der Waals surface area contributed by atoms with Crippen molar-refractivity contribution >= 4 is 11.9 Å². The molecule has 0 saturated carbocycles. The summed E-state index contributed by atoms with van der Waals surface area (Å²) in [5, 5.41) is 0. The molecule has 0 aromatic heterocycles. The van der Waals surface area contributed by atoms with Gasteiger partial charge in [0, 0.05) is 0 Å². The number of rotatable bonds is 7. The molecule has 8 nitrogen and oxygen atoms in total. The lowest BCUT2D eigenvalue weighted by atomic mass is 9.97. The molecule has 0 aliphatic rings. The largest absolute Gasteiger partial charge is 0.496 e. The molecule has 0 bridgehead atoms. The molecule has 0 aliphatic heterocycles. The third-order valence-electron chi connectivity index (χ3n) is 4.10. The summed E-state index contributed by atoms with van der Waals surface area (Å²) in [5.41, 5.74) is 1.48. The van der Waals surface area contributed by atoms with E-state index in [9.17, 15) is 9.59 Å². The second-order valence-electron chi connectivity index (χ2n) is 5.49. The minimum Gasteiger partial charge on any atom is -0.496 e. The maximum atomic E-state index is 12.0. The zero-order chi connectivity index (χ0) is 20.8. The molecule has 0 saturated heterocycles. The van der Waals surface area contributed by atoms with Crippen LogP contribution in [0.5, 0.6) is 23.0 Å². The van der Waals surface area contributed by atoms with Crippen LogP contribution >= 0.6 is 0 Å². The van der Waals surface area contributed by atoms with Crippen molar-refractivity contribution in [3.05, 3.63) is 35.4 Å². The number of esters is 2. The smallest absolute Gasteiger partial charge is 0.338 e. The summed E-state index contributed by atoms with van der Waals surface area (Å²) in [5.74, 6) is 0.264. The van der Waals surface area contributed by atoms with Crippen LogP contribution < -0.4 is 18.9 Å². The summed E-state index contributed by atoms with van der Waals surface area (Å²) < 4.78 is 31.5.